The Morgan fingerprint density at radius 3 is 2.10 bits per heavy atom. The van der Waals surface area contributed by atoms with Crippen molar-refractivity contribution in [2.45, 2.75) is 96.8 Å². The highest BCUT2D eigenvalue weighted by Gasteiger charge is 2.23. The topological polar surface area (TPSA) is 26.3 Å². The fourth-order valence-corrected chi connectivity index (χ4v) is 3.90. The lowest BCUT2D eigenvalue weighted by molar-refractivity contribution is -0.140. The van der Waals surface area contributed by atoms with Crippen molar-refractivity contribution < 1.29 is 9.53 Å². The highest BCUT2D eigenvalue weighted by Crippen LogP contribution is 2.36. The second-order valence-corrected chi connectivity index (χ2v) is 6.83. The molecule has 2 atom stereocenters. The van der Waals surface area contributed by atoms with Crippen LogP contribution in [0.15, 0.2) is 0 Å². The minimum atomic E-state index is -0.0609. The van der Waals surface area contributed by atoms with Crippen LogP contribution in [0, 0.1) is 11.8 Å². The summed E-state index contributed by atoms with van der Waals surface area (Å²) >= 11 is 0. The molecule has 1 aliphatic carbocycles. The van der Waals surface area contributed by atoms with Crippen LogP contribution in [0.1, 0.15) is 96.8 Å². The van der Waals surface area contributed by atoms with Crippen LogP contribution in [0.2, 0.25) is 0 Å². The van der Waals surface area contributed by atoms with E-state index in [-0.39, 0.29) is 5.97 Å². The minimum absolute atomic E-state index is 0.0609. The molecule has 0 bridgehead atoms. The van der Waals surface area contributed by atoms with Crippen LogP contribution in [0.5, 0.6) is 0 Å². The fraction of sp³-hybridized carbons (Fsp3) is 0.947. The molecule has 0 unspecified atom stereocenters. The number of ether oxygens (including phenoxy) is 1. The largest absolute Gasteiger partial charge is 0.469 e. The van der Waals surface area contributed by atoms with Gasteiger partial charge in [0.15, 0.2) is 0 Å². The van der Waals surface area contributed by atoms with Crippen LogP contribution in [-0.2, 0) is 9.53 Å². The number of unbranched alkanes of at least 4 members (excludes halogenated alkanes) is 5. The molecule has 0 aromatic heterocycles. The molecule has 0 radical (unpaired) electrons. The average molecular weight is 296 g/mol. The van der Waals surface area contributed by atoms with E-state index in [0.29, 0.717) is 6.42 Å². The molecule has 1 fully saturated rings. The Morgan fingerprint density at radius 2 is 1.48 bits per heavy atom. The predicted octanol–water partition coefficient (Wildman–Crippen LogP) is 5.89. The van der Waals surface area contributed by atoms with Gasteiger partial charge < -0.3 is 4.74 Å². The molecule has 0 spiro atoms. The quantitative estimate of drug-likeness (QED) is 0.351. The van der Waals surface area contributed by atoms with Crippen molar-refractivity contribution in [3.05, 3.63) is 0 Å². The Kier molecular flexibility index (Phi) is 10.6. The van der Waals surface area contributed by atoms with Gasteiger partial charge in [-0.3, -0.25) is 4.79 Å². The van der Waals surface area contributed by atoms with Gasteiger partial charge in [0, 0.05) is 6.42 Å². The van der Waals surface area contributed by atoms with Crippen LogP contribution < -0.4 is 0 Å². The van der Waals surface area contributed by atoms with Gasteiger partial charge in [-0.1, -0.05) is 84.0 Å². The fourth-order valence-electron chi connectivity index (χ4n) is 3.90. The first-order valence-corrected chi connectivity index (χ1v) is 9.34. The second kappa shape index (κ2) is 12.1. The number of hydrogen-bond acceptors (Lipinski definition) is 2. The Morgan fingerprint density at radius 1 is 0.905 bits per heavy atom. The van der Waals surface area contributed by atoms with Gasteiger partial charge in [-0.25, -0.2) is 0 Å². The summed E-state index contributed by atoms with van der Waals surface area (Å²) < 4.78 is 4.65. The molecule has 1 saturated carbocycles. The monoisotopic (exact) mass is 296 g/mol. The molecule has 0 N–H and O–H groups in total. The summed E-state index contributed by atoms with van der Waals surface area (Å²) in [5.74, 6) is 2.00. The first-order chi connectivity index (χ1) is 10.3. The second-order valence-electron chi connectivity index (χ2n) is 6.83. The molecule has 0 saturated heterocycles. The van der Waals surface area contributed by atoms with Crippen LogP contribution in [-0.4, -0.2) is 13.1 Å². The van der Waals surface area contributed by atoms with Crippen LogP contribution >= 0.6 is 0 Å². The molecule has 124 valence electrons. The minimum Gasteiger partial charge on any atom is -0.469 e. The van der Waals surface area contributed by atoms with Crippen molar-refractivity contribution in [2.24, 2.45) is 11.8 Å². The third kappa shape index (κ3) is 8.48. The van der Waals surface area contributed by atoms with E-state index in [9.17, 15) is 4.79 Å². The molecule has 0 heterocycles. The van der Waals surface area contributed by atoms with Crippen molar-refractivity contribution in [1.82, 2.24) is 0 Å². The maximum absolute atomic E-state index is 11.0. The predicted molar refractivity (Wildman–Crippen MR) is 89.3 cm³/mol. The standard InChI is InChI=1S/C19H36O2/c1-3-12-17-14-10-11-15-18(17)13-8-6-4-5-7-9-16-19(20)21-2/h17-18H,3-16H2,1-2H3/t17-,18-/m0/s1. The first kappa shape index (κ1) is 18.5. The van der Waals surface area contributed by atoms with Crippen molar-refractivity contribution in [2.75, 3.05) is 7.11 Å². The first-order valence-electron chi connectivity index (χ1n) is 9.34. The zero-order chi connectivity index (χ0) is 15.3. The Hall–Kier alpha value is -0.530. The molecule has 1 aliphatic rings. The normalized spacial score (nSPS) is 22.2. The molecule has 1 rings (SSSR count). The van der Waals surface area contributed by atoms with E-state index in [4.69, 9.17) is 0 Å². The van der Waals surface area contributed by atoms with Crippen molar-refractivity contribution in [3.8, 4) is 0 Å². The van der Waals surface area contributed by atoms with E-state index in [1.807, 2.05) is 0 Å². The van der Waals surface area contributed by atoms with Gasteiger partial charge in [-0.15, -0.1) is 0 Å². The molecule has 0 amide bonds. The van der Waals surface area contributed by atoms with Gasteiger partial charge in [-0.2, -0.15) is 0 Å². The van der Waals surface area contributed by atoms with E-state index in [0.717, 1.165) is 18.3 Å². The highest BCUT2D eigenvalue weighted by molar-refractivity contribution is 5.68. The van der Waals surface area contributed by atoms with Gasteiger partial charge in [0.25, 0.3) is 0 Å². The lowest BCUT2D eigenvalue weighted by Crippen LogP contribution is -2.19. The van der Waals surface area contributed by atoms with Crippen LogP contribution in [0.25, 0.3) is 0 Å². The van der Waals surface area contributed by atoms with E-state index < -0.39 is 0 Å². The van der Waals surface area contributed by atoms with Crippen molar-refractivity contribution in [3.63, 3.8) is 0 Å². The van der Waals surface area contributed by atoms with Crippen LogP contribution in [0.4, 0.5) is 0 Å². The van der Waals surface area contributed by atoms with E-state index in [1.165, 1.54) is 84.2 Å². The molecule has 21 heavy (non-hydrogen) atoms. The summed E-state index contributed by atoms with van der Waals surface area (Å²) in [4.78, 5) is 11.0. The number of hydrogen-bond donors (Lipinski definition) is 0. The van der Waals surface area contributed by atoms with Gasteiger partial charge in [0.1, 0.15) is 0 Å². The zero-order valence-corrected chi connectivity index (χ0v) is 14.4. The molecule has 0 aliphatic heterocycles. The Balaban J connectivity index is 1.96. The summed E-state index contributed by atoms with van der Waals surface area (Å²) in [6.07, 6.45) is 18.4. The summed E-state index contributed by atoms with van der Waals surface area (Å²) in [6, 6.07) is 0. The third-order valence-corrected chi connectivity index (χ3v) is 5.16. The van der Waals surface area contributed by atoms with Crippen LogP contribution in [0.3, 0.4) is 0 Å². The molecule has 0 aromatic carbocycles. The van der Waals surface area contributed by atoms with Gasteiger partial charge in [0.05, 0.1) is 7.11 Å². The summed E-state index contributed by atoms with van der Waals surface area (Å²) in [5.41, 5.74) is 0. The highest BCUT2D eigenvalue weighted by atomic mass is 16.5. The van der Waals surface area contributed by atoms with E-state index >= 15 is 0 Å². The summed E-state index contributed by atoms with van der Waals surface area (Å²) in [7, 11) is 1.47. The van der Waals surface area contributed by atoms with Gasteiger partial charge >= 0.3 is 5.97 Å². The lowest BCUT2D eigenvalue weighted by atomic mass is 9.75. The van der Waals surface area contributed by atoms with E-state index in [2.05, 4.69) is 11.7 Å². The molecule has 2 heteroatoms. The van der Waals surface area contributed by atoms with Gasteiger partial charge in [0.2, 0.25) is 0 Å². The molecular weight excluding hydrogens is 260 g/mol. The number of esters is 1. The van der Waals surface area contributed by atoms with Gasteiger partial charge in [-0.05, 0) is 18.3 Å². The van der Waals surface area contributed by atoms with E-state index in [1.54, 1.807) is 0 Å². The maximum Gasteiger partial charge on any atom is 0.305 e. The molecule has 2 nitrogen and oxygen atoms in total. The number of methoxy groups -OCH3 is 1. The molecule has 0 aromatic rings. The third-order valence-electron chi connectivity index (χ3n) is 5.16. The lowest BCUT2D eigenvalue weighted by Gasteiger charge is -2.31. The Bertz CT molecular complexity index is 260. The number of carbonyl (C=O) groups excluding carboxylic acids is 1. The van der Waals surface area contributed by atoms with Crippen molar-refractivity contribution >= 4 is 5.97 Å². The average Bonchev–Trinajstić information content (AvgIpc) is 2.51. The SMILES string of the molecule is CCC[C@H]1CCCC[C@@H]1CCCCCCCCC(=O)OC. The molecular formula is C19H36O2. The zero-order valence-electron chi connectivity index (χ0n) is 14.4. The van der Waals surface area contributed by atoms with Crippen molar-refractivity contribution in [1.29, 1.82) is 0 Å². The maximum atomic E-state index is 11.0. The summed E-state index contributed by atoms with van der Waals surface area (Å²) in [6.45, 7) is 2.33. The number of carbonyl (C=O) groups is 1. The Labute approximate surface area is 132 Å². The summed E-state index contributed by atoms with van der Waals surface area (Å²) in [5, 5.41) is 0. The number of rotatable bonds is 11. The smallest absolute Gasteiger partial charge is 0.305 e.